The van der Waals surface area contributed by atoms with Gasteiger partial charge in [0.15, 0.2) is 6.10 Å². The van der Waals surface area contributed by atoms with Gasteiger partial charge in [-0.05, 0) is 43.2 Å². The fraction of sp³-hybridized carbons (Fsp3) is 0.568. The van der Waals surface area contributed by atoms with Crippen molar-refractivity contribution in [2.24, 2.45) is 17.6 Å². The van der Waals surface area contributed by atoms with Gasteiger partial charge >= 0.3 is 12.1 Å². The van der Waals surface area contributed by atoms with Crippen molar-refractivity contribution >= 4 is 41.5 Å². The van der Waals surface area contributed by atoms with Crippen LogP contribution in [-0.4, -0.2) is 143 Å². The van der Waals surface area contributed by atoms with Gasteiger partial charge in [-0.25, -0.2) is 22.9 Å². The number of hydrogen-bond donors (Lipinski definition) is 4. The molecule has 5 N–H and O–H groups in total. The van der Waals surface area contributed by atoms with E-state index in [1.165, 1.54) is 21.6 Å². The van der Waals surface area contributed by atoms with Crippen LogP contribution in [0.5, 0.6) is 0 Å². The van der Waals surface area contributed by atoms with Crippen molar-refractivity contribution in [3.63, 3.8) is 0 Å². The van der Waals surface area contributed by atoms with Crippen molar-refractivity contribution in [3.05, 3.63) is 54.5 Å². The maximum atomic E-state index is 15.5. The predicted molar refractivity (Wildman–Crippen MR) is 200 cm³/mol. The van der Waals surface area contributed by atoms with Gasteiger partial charge in [-0.15, -0.1) is 6.58 Å². The molecule has 6 rings (SSSR count). The molecule has 5 heterocycles. The van der Waals surface area contributed by atoms with E-state index in [0.29, 0.717) is 31.9 Å². The van der Waals surface area contributed by atoms with Crippen LogP contribution in [0, 0.1) is 23.5 Å². The summed E-state index contributed by atoms with van der Waals surface area (Å²) < 4.78 is 63.2. The molecule has 1 aromatic carbocycles. The zero-order valence-corrected chi connectivity index (χ0v) is 32.3. The molecule has 0 radical (unpaired) electrons. The van der Waals surface area contributed by atoms with Crippen molar-refractivity contribution in [1.82, 2.24) is 30.0 Å². The monoisotopic (exact) mass is 823 g/mol. The molecule has 0 spiro atoms. The minimum Gasteiger partial charge on any atom is -0.480 e. The number of hydrogen-bond acceptors (Lipinski definition) is 12. The summed E-state index contributed by atoms with van der Waals surface area (Å²) >= 11 is 1.33. The minimum atomic E-state index is -1.37. The average molecular weight is 824 g/mol. The Labute approximate surface area is 331 Å². The third kappa shape index (κ3) is 10.5. The zero-order valence-electron chi connectivity index (χ0n) is 31.4. The number of thioether (sulfide) groups is 1. The molecule has 0 aliphatic carbocycles. The second-order valence-electron chi connectivity index (χ2n) is 13.8. The lowest BCUT2D eigenvalue weighted by atomic mass is 9.84. The average Bonchev–Trinajstić information content (AvgIpc) is 3.87. The molecule has 0 bridgehead atoms. The molecule has 20 heteroatoms. The van der Waals surface area contributed by atoms with Gasteiger partial charge in [0.25, 0.3) is 5.91 Å². The molecule has 16 nitrogen and oxygen atoms in total. The van der Waals surface area contributed by atoms with Crippen molar-refractivity contribution in [2.75, 3.05) is 65.4 Å². The van der Waals surface area contributed by atoms with E-state index < -0.39 is 59.9 Å². The number of nitrogens with two attached hydrogens (primary N) is 1. The molecule has 0 saturated carbocycles. The van der Waals surface area contributed by atoms with Crippen molar-refractivity contribution in [2.45, 2.75) is 55.4 Å². The number of imidazole rings is 1. The number of aliphatic carboxylic acids is 1. The first-order valence-electron chi connectivity index (χ1n) is 18.6. The Morgan fingerprint density at radius 3 is 2.61 bits per heavy atom. The summed E-state index contributed by atoms with van der Waals surface area (Å²) in [4.78, 5) is 68.6. The van der Waals surface area contributed by atoms with Gasteiger partial charge in [-0.2, -0.15) is 11.8 Å². The Kier molecular flexibility index (Phi) is 15.5. The summed E-state index contributed by atoms with van der Waals surface area (Å²) in [5, 5.41) is 12.8. The highest BCUT2D eigenvalue weighted by Gasteiger charge is 2.54. The van der Waals surface area contributed by atoms with Crippen molar-refractivity contribution < 1.29 is 56.5 Å². The lowest BCUT2D eigenvalue weighted by molar-refractivity contribution is -0.155. The number of amides is 4. The molecule has 1 aromatic heterocycles. The van der Waals surface area contributed by atoms with E-state index in [-0.39, 0.29) is 93.1 Å². The summed E-state index contributed by atoms with van der Waals surface area (Å²) in [6.45, 7) is 4.87. The Morgan fingerprint density at radius 1 is 1.21 bits per heavy atom. The van der Waals surface area contributed by atoms with Gasteiger partial charge in [0.1, 0.15) is 23.6 Å². The Hall–Kier alpha value is -4.50. The van der Waals surface area contributed by atoms with Crippen LogP contribution in [-0.2, 0) is 39.9 Å². The molecular formula is C37H48F3N7O9S. The van der Waals surface area contributed by atoms with Gasteiger partial charge < -0.3 is 45.2 Å². The lowest BCUT2D eigenvalue weighted by Crippen LogP contribution is -2.62. The number of ether oxygens (including phenoxy) is 3. The Morgan fingerprint density at radius 2 is 1.95 bits per heavy atom. The van der Waals surface area contributed by atoms with E-state index in [1.807, 2.05) is 0 Å². The number of halogens is 3. The fourth-order valence-corrected chi connectivity index (χ4v) is 8.11. The SMILES string of the molecule is C=CCn1cc(-c2cc(F)ccc2F)nc1C(C1CCOCC1)N1CC2C(F)CNC2[C@H](OC(=O)NCCOCCN2C(=O)CC(SC)C2=O)C1=O.NCC(=O)O. The summed E-state index contributed by atoms with van der Waals surface area (Å²) in [5.74, 6) is -3.81. The molecule has 4 aliphatic rings. The highest BCUT2D eigenvalue weighted by molar-refractivity contribution is 8.00. The van der Waals surface area contributed by atoms with Crippen LogP contribution in [0.1, 0.15) is 31.1 Å². The lowest BCUT2D eigenvalue weighted by Gasteiger charge is -2.45. The number of benzene rings is 1. The van der Waals surface area contributed by atoms with E-state index in [2.05, 4.69) is 22.9 Å². The number of allylic oxidation sites excluding steroid dienone is 1. The van der Waals surface area contributed by atoms with E-state index in [4.69, 9.17) is 24.3 Å². The quantitative estimate of drug-likeness (QED) is 0.115. The van der Waals surface area contributed by atoms with Gasteiger partial charge in [-0.3, -0.25) is 24.1 Å². The molecule has 4 aliphatic heterocycles. The molecule has 2 aromatic rings. The normalized spacial score (nSPS) is 24.2. The first-order valence-corrected chi connectivity index (χ1v) is 19.9. The number of aromatic nitrogens is 2. The number of imide groups is 1. The van der Waals surface area contributed by atoms with Crippen LogP contribution in [0.25, 0.3) is 11.3 Å². The number of rotatable bonds is 15. The third-order valence-corrected chi connectivity index (χ3v) is 11.2. The smallest absolute Gasteiger partial charge is 0.408 e. The molecule has 5 unspecified atom stereocenters. The molecule has 4 saturated heterocycles. The second kappa shape index (κ2) is 20.3. The zero-order chi connectivity index (χ0) is 41.2. The number of nitrogens with one attached hydrogen (secondary N) is 2. The van der Waals surface area contributed by atoms with Crippen LogP contribution in [0.15, 0.2) is 37.1 Å². The predicted octanol–water partition coefficient (Wildman–Crippen LogP) is 1.88. The number of likely N-dealkylation sites (tertiary alicyclic amines) is 2. The number of piperidine rings is 1. The van der Waals surface area contributed by atoms with Crippen molar-refractivity contribution in [3.8, 4) is 11.3 Å². The number of carboxylic acid groups (broad SMARTS) is 1. The van der Waals surface area contributed by atoms with Crippen LogP contribution in [0.2, 0.25) is 0 Å². The highest BCUT2D eigenvalue weighted by atomic mass is 32.2. The number of fused-ring (bicyclic) bond motifs is 1. The van der Waals surface area contributed by atoms with E-state index in [0.717, 1.165) is 18.2 Å². The van der Waals surface area contributed by atoms with Gasteiger partial charge in [0, 0.05) is 63.5 Å². The van der Waals surface area contributed by atoms with Crippen LogP contribution in [0.4, 0.5) is 18.0 Å². The van der Waals surface area contributed by atoms with Gasteiger partial charge in [-0.1, -0.05) is 6.08 Å². The number of alkyl halides is 1. The highest BCUT2D eigenvalue weighted by Crippen LogP contribution is 2.41. The number of alkyl carbamates (subject to hydrolysis) is 1. The standard InChI is InChI=1S/C35H43F3N6O7S.C2H5NO2/c1-3-9-42-19-26(22-15-21(36)4-5-24(22)37)41-32(42)30(20-6-11-49-12-7-20)44-18-23-25(38)17-40-29(23)31(34(44)47)51-35(48)39-8-13-50-14-10-43-28(45)16-27(52-2)33(43)46;3-1-2(4)5/h3-5,15,19-20,23,25,27,29-31,40H,1,6-14,16-18H2,2H3,(H,39,48);1,3H2,(H,4,5)/t23?,25?,27?,29?,30?,31-;/m0./s1. The Balaban J connectivity index is 0.00000117. The largest absolute Gasteiger partial charge is 0.480 e. The van der Waals surface area contributed by atoms with Crippen LogP contribution in [0.3, 0.4) is 0 Å². The maximum absolute atomic E-state index is 15.5. The van der Waals surface area contributed by atoms with Crippen LogP contribution < -0.4 is 16.4 Å². The Bertz CT molecular complexity index is 1780. The first kappa shape index (κ1) is 43.6. The molecule has 4 fully saturated rings. The van der Waals surface area contributed by atoms with E-state index >= 15 is 4.39 Å². The van der Waals surface area contributed by atoms with E-state index in [9.17, 15) is 32.8 Å². The summed E-state index contributed by atoms with van der Waals surface area (Å²) in [6.07, 6.45) is 2.63. The van der Waals surface area contributed by atoms with Crippen LogP contribution >= 0.6 is 11.8 Å². The minimum absolute atomic E-state index is 0.00908. The van der Waals surface area contributed by atoms with Gasteiger partial charge in [0.05, 0.1) is 49.3 Å². The second-order valence-corrected chi connectivity index (χ2v) is 14.9. The molecule has 6 atom stereocenters. The first-order chi connectivity index (χ1) is 27.4. The molecule has 4 amide bonds. The summed E-state index contributed by atoms with van der Waals surface area (Å²) in [5.41, 5.74) is 4.69. The number of carbonyl (C=O) groups is 5. The fourth-order valence-electron chi connectivity index (χ4n) is 7.47. The topological polar surface area (TPSA) is 208 Å². The van der Waals surface area contributed by atoms with Gasteiger partial charge in [0.2, 0.25) is 11.8 Å². The number of nitrogens with zero attached hydrogens (tertiary/aromatic N) is 4. The molecule has 312 valence electrons. The summed E-state index contributed by atoms with van der Waals surface area (Å²) in [6, 6.07) is 1.58. The number of carboxylic acids is 1. The maximum Gasteiger partial charge on any atom is 0.408 e. The summed E-state index contributed by atoms with van der Waals surface area (Å²) in [7, 11) is 0. The van der Waals surface area contributed by atoms with E-state index in [1.54, 1.807) is 23.1 Å². The van der Waals surface area contributed by atoms with Crippen molar-refractivity contribution in [1.29, 1.82) is 0 Å². The molecule has 57 heavy (non-hydrogen) atoms. The number of carbonyl (C=O) groups excluding carboxylic acids is 4. The molecular weight excluding hydrogens is 776 g/mol. The third-order valence-electron chi connectivity index (χ3n) is 10.3.